The van der Waals surface area contributed by atoms with Gasteiger partial charge >= 0.3 is 0 Å². The van der Waals surface area contributed by atoms with E-state index in [1.807, 2.05) is 0 Å². The van der Waals surface area contributed by atoms with Crippen molar-refractivity contribution in [3.63, 3.8) is 0 Å². The van der Waals surface area contributed by atoms with E-state index in [2.05, 4.69) is 4.99 Å². The van der Waals surface area contributed by atoms with E-state index in [1.165, 1.54) is 19.2 Å². The molecule has 3 nitrogen and oxygen atoms in total. The number of amidine groups is 1. The van der Waals surface area contributed by atoms with Gasteiger partial charge in [0.2, 0.25) is 0 Å². The van der Waals surface area contributed by atoms with Crippen molar-refractivity contribution < 1.29 is 9.13 Å². The summed E-state index contributed by atoms with van der Waals surface area (Å²) in [5.41, 5.74) is 6.26. The maximum absolute atomic E-state index is 13.4. The van der Waals surface area contributed by atoms with Gasteiger partial charge in [0.05, 0.1) is 13.0 Å². The highest BCUT2D eigenvalue weighted by molar-refractivity contribution is 6.28. The van der Waals surface area contributed by atoms with Crippen molar-refractivity contribution in [1.29, 1.82) is 0 Å². The van der Waals surface area contributed by atoms with Crippen molar-refractivity contribution in [2.75, 3.05) is 13.0 Å². The third-order valence-corrected chi connectivity index (χ3v) is 2.14. The predicted molar refractivity (Wildman–Crippen MR) is 59.7 cm³/mol. The van der Waals surface area contributed by atoms with E-state index in [9.17, 15) is 4.39 Å². The van der Waals surface area contributed by atoms with Gasteiger partial charge in [-0.1, -0.05) is 0 Å². The van der Waals surface area contributed by atoms with Gasteiger partial charge in [-0.15, -0.1) is 11.6 Å². The van der Waals surface area contributed by atoms with Crippen LogP contribution in [0.2, 0.25) is 0 Å². The quantitative estimate of drug-likeness (QED) is 0.492. The zero-order valence-electron chi connectivity index (χ0n) is 8.55. The third kappa shape index (κ3) is 2.83. The number of nitrogens with zero attached hydrogens (tertiary/aromatic N) is 1. The van der Waals surface area contributed by atoms with Gasteiger partial charge in [0.15, 0.2) is 0 Å². The van der Waals surface area contributed by atoms with Crippen molar-refractivity contribution in [1.82, 2.24) is 0 Å². The zero-order valence-corrected chi connectivity index (χ0v) is 9.31. The first-order chi connectivity index (χ1) is 7.08. The van der Waals surface area contributed by atoms with E-state index in [-0.39, 0.29) is 17.4 Å². The molecule has 0 aliphatic rings. The number of nitrogens with two attached hydrogens (primary N) is 1. The number of alkyl halides is 1. The van der Waals surface area contributed by atoms with Gasteiger partial charge in [0.1, 0.15) is 23.1 Å². The van der Waals surface area contributed by atoms with Gasteiger partial charge in [0.25, 0.3) is 0 Å². The Hall–Kier alpha value is -1.29. The summed E-state index contributed by atoms with van der Waals surface area (Å²) in [6.07, 6.45) is 0. The molecule has 0 unspecified atom stereocenters. The Morgan fingerprint density at radius 1 is 1.60 bits per heavy atom. The summed E-state index contributed by atoms with van der Waals surface area (Å²) < 4.78 is 18.4. The van der Waals surface area contributed by atoms with Crippen molar-refractivity contribution in [3.8, 4) is 5.75 Å². The van der Waals surface area contributed by atoms with Crippen LogP contribution in [0.3, 0.4) is 0 Å². The minimum Gasteiger partial charge on any atom is -0.496 e. The molecule has 0 atom stereocenters. The second-order valence-electron chi connectivity index (χ2n) is 3.01. The number of ether oxygens (including phenoxy) is 1. The highest BCUT2D eigenvalue weighted by Crippen LogP contribution is 2.27. The van der Waals surface area contributed by atoms with Crippen LogP contribution in [-0.4, -0.2) is 18.8 Å². The van der Waals surface area contributed by atoms with Crippen LogP contribution in [-0.2, 0) is 0 Å². The monoisotopic (exact) mass is 230 g/mol. The summed E-state index contributed by atoms with van der Waals surface area (Å²) in [5.74, 6) is 0.357. The number of hydrogen-bond donors (Lipinski definition) is 1. The molecule has 15 heavy (non-hydrogen) atoms. The van der Waals surface area contributed by atoms with E-state index in [1.54, 1.807) is 6.92 Å². The highest BCUT2D eigenvalue weighted by Gasteiger charge is 2.07. The molecule has 82 valence electrons. The number of benzene rings is 1. The fourth-order valence-electron chi connectivity index (χ4n) is 1.13. The Labute approximate surface area is 92.7 Å². The SMILES string of the molecule is COc1cc(N=C(N)CCl)c(F)cc1C. The summed E-state index contributed by atoms with van der Waals surface area (Å²) in [4.78, 5) is 3.83. The molecule has 1 rings (SSSR count). The Balaban J connectivity index is 3.19. The van der Waals surface area contributed by atoms with Crippen LogP contribution in [0.4, 0.5) is 10.1 Å². The molecule has 0 aliphatic heterocycles. The van der Waals surface area contributed by atoms with E-state index >= 15 is 0 Å². The molecule has 0 amide bonds. The van der Waals surface area contributed by atoms with Crippen molar-refractivity contribution in [2.45, 2.75) is 6.92 Å². The molecule has 0 saturated carbocycles. The molecule has 0 heterocycles. The molecular formula is C10H12ClFN2O. The summed E-state index contributed by atoms with van der Waals surface area (Å²) in [6, 6.07) is 2.84. The average Bonchev–Trinajstić information content (AvgIpc) is 2.21. The molecule has 0 radical (unpaired) electrons. The number of aliphatic imine (C=N–C) groups is 1. The number of aryl methyl sites for hydroxylation is 1. The number of rotatable bonds is 3. The molecule has 0 spiro atoms. The lowest BCUT2D eigenvalue weighted by Crippen LogP contribution is -2.12. The zero-order chi connectivity index (χ0) is 11.4. The van der Waals surface area contributed by atoms with E-state index in [4.69, 9.17) is 22.1 Å². The van der Waals surface area contributed by atoms with Gasteiger partial charge in [-0.2, -0.15) is 0 Å². The fourth-order valence-corrected chi connectivity index (χ4v) is 1.19. The molecule has 0 bridgehead atoms. The summed E-state index contributed by atoms with van der Waals surface area (Å²) in [6.45, 7) is 1.75. The Kier molecular flexibility index (Phi) is 3.91. The Morgan fingerprint density at radius 2 is 2.27 bits per heavy atom. The van der Waals surface area contributed by atoms with E-state index in [0.29, 0.717) is 11.3 Å². The maximum Gasteiger partial charge on any atom is 0.149 e. The molecule has 0 saturated heterocycles. The Bertz CT molecular complexity index is 393. The minimum atomic E-state index is -0.443. The summed E-state index contributed by atoms with van der Waals surface area (Å²) >= 11 is 5.45. The van der Waals surface area contributed by atoms with Gasteiger partial charge in [-0.25, -0.2) is 9.38 Å². The molecule has 0 fully saturated rings. The number of halogens is 2. The number of hydrogen-bond acceptors (Lipinski definition) is 2. The predicted octanol–water partition coefficient (Wildman–Crippen LogP) is 2.37. The molecule has 0 aromatic heterocycles. The standard InChI is InChI=1S/C10H12ClFN2O/c1-6-3-7(12)8(4-9(6)15-2)14-10(13)5-11/h3-4H,5H2,1-2H3,(H2,13,14). The second kappa shape index (κ2) is 4.98. The normalized spacial score (nSPS) is 11.6. The highest BCUT2D eigenvalue weighted by atomic mass is 35.5. The minimum absolute atomic E-state index is 0.0651. The summed E-state index contributed by atoms with van der Waals surface area (Å²) in [5, 5.41) is 0. The maximum atomic E-state index is 13.4. The van der Waals surface area contributed by atoms with Crippen LogP contribution >= 0.6 is 11.6 Å². The summed E-state index contributed by atoms with van der Waals surface area (Å²) in [7, 11) is 1.51. The van der Waals surface area contributed by atoms with Gasteiger partial charge in [-0.05, 0) is 18.6 Å². The van der Waals surface area contributed by atoms with Crippen LogP contribution in [0, 0.1) is 12.7 Å². The van der Waals surface area contributed by atoms with Crippen LogP contribution in [0.15, 0.2) is 17.1 Å². The fraction of sp³-hybridized carbons (Fsp3) is 0.300. The second-order valence-corrected chi connectivity index (χ2v) is 3.28. The van der Waals surface area contributed by atoms with E-state index < -0.39 is 5.82 Å². The van der Waals surface area contributed by atoms with Crippen LogP contribution in [0.5, 0.6) is 5.75 Å². The first kappa shape index (κ1) is 11.8. The van der Waals surface area contributed by atoms with Crippen molar-refractivity contribution in [2.24, 2.45) is 10.7 Å². The molecule has 0 aliphatic carbocycles. The van der Waals surface area contributed by atoms with E-state index in [0.717, 1.165) is 0 Å². The largest absolute Gasteiger partial charge is 0.496 e. The lowest BCUT2D eigenvalue weighted by atomic mass is 10.2. The third-order valence-electron chi connectivity index (χ3n) is 1.87. The molecule has 1 aromatic rings. The molecule has 2 N–H and O–H groups in total. The van der Waals surface area contributed by atoms with Gasteiger partial charge < -0.3 is 10.5 Å². The first-order valence-electron chi connectivity index (χ1n) is 4.31. The van der Waals surface area contributed by atoms with Gasteiger partial charge in [-0.3, -0.25) is 0 Å². The topological polar surface area (TPSA) is 47.6 Å². The Morgan fingerprint density at radius 3 is 2.80 bits per heavy atom. The van der Waals surface area contributed by atoms with Crippen molar-refractivity contribution in [3.05, 3.63) is 23.5 Å². The molecule has 1 aromatic carbocycles. The lowest BCUT2D eigenvalue weighted by molar-refractivity contribution is 0.410. The van der Waals surface area contributed by atoms with Crippen LogP contribution in [0.1, 0.15) is 5.56 Å². The van der Waals surface area contributed by atoms with Crippen molar-refractivity contribution >= 4 is 23.1 Å². The lowest BCUT2D eigenvalue weighted by Gasteiger charge is -2.06. The van der Waals surface area contributed by atoms with Crippen LogP contribution in [0.25, 0.3) is 0 Å². The van der Waals surface area contributed by atoms with Gasteiger partial charge in [0, 0.05) is 6.07 Å². The molecule has 5 heteroatoms. The average molecular weight is 231 g/mol. The molecular weight excluding hydrogens is 219 g/mol. The smallest absolute Gasteiger partial charge is 0.149 e. The number of methoxy groups -OCH3 is 1. The first-order valence-corrected chi connectivity index (χ1v) is 4.85. The van der Waals surface area contributed by atoms with Crippen LogP contribution < -0.4 is 10.5 Å².